The SMILES string of the molecule is Cc1cc2c(cc1S(=O)(=O)NCC1CCOCC1)S(=O)(=O)c1ccccc1C21CCCC1. The number of rotatable bonds is 4. The maximum Gasteiger partial charge on any atom is 0.240 e. The van der Waals surface area contributed by atoms with Crippen molar-refractivity contribution in [3.8, 4) is 0 Å². The standard InChI is InChI=1S/C24H29NO5S2/c1-17-14-20-23(15-22(17)32(28,29)25-16-18-8-12-30-13-9-18)31(26,27)21-7-3-2-6-19(21)24(20)10-4-5-11-24/h2-3,6-7,14-15,18,25H,4-5,8-13,16H2,1H3. The van der Waals surface area contributed by atoms with Crippen LogP contribution in [0.2, 0.25) is 0 Å². The van der Waals surface area contributed by atoms with Crippen LogP contribution in [0.25, 0.3) is 0 Å². The van der Waals surface area contributed by atoms with Crippen LogP contribution in [0.4, 0.5) is 0 Å². The molecule has 32 heavy (non-hydrogen) atoms. The first kappa shape index (κ1) is 22.1. The van der Waals surface area contributed by atoms with Crippen molar-refractivity contribution in [1.82, 2.24) is 4.72 Å². The lowest BCUT2D eigenvalue weighted by atomic mass is 9.72. The summed E-state index contributed by atoms with van der Waals surface area (Å²) in [5.41, 5.74) is 1.84. The first-order valence-corrected chi connectivity index (χ1v) is 14.3. The van der Waals surface area contributed by atoms with Crippen molar-refractivity contribution in [3.63, 3.8) is 0 Å². The summed E-state index contributed by atoms with van der Waals surface area (Å²) in [5, 5.41) is 0. The second-order valence-electron chi connectivity index (χ2n) is 9.31. The quantitative estimate of drug-likeness (QED) is 0.728. The maximum atomic E-state index is 13.6. The van der Waals surface area contributed by atoms with Crippen molar-refractivity contribution in [1.29, 1.82) is 0 Å². The monoisotopic (exact) mass is 475 g/mol. The van der Waals surface area contributed by atoms with Crippen LogP contribution in [0.3, 0.4) is 0 Å². The van der Waals surface area contributed by atoms with Crippen LogP contribution < -0.4 is 4.72 Å². The minimum absolute atomic E-state index is 0.0550. The Morgan fingerprint density at radius 3 is 2.44 bits per heavy atom. The third kappa shape index (κ3) is 3.43. The molecule has 0 aromatic heterocycles. The molecule has 0 bridgehead atoms. The number of hydrogen-bond acceptors (Lipinski definition) is 5. The molecule has 2 aromatic carbocycles. The van der Waals surface area contributed by atoms with Crippen molar-refractivity contribution >= 4 is 19.9 Å². The zero-order valence-corrected chi connectivity index (χ0v) is 19.9. The molecule has 1 saturated heterocycles. The van der Waals surface area contributed by atoms with Gasteiger partial charge in [0.15, 0.2) is 0 Å². The Balaban J connectivity index is 1.60. The van der Waals surface area contributed by atoms with Gasteiger partial charge in [0.2, 0.25) is 19.9 Å². The van der Waals surface area contributed by atoms with E-state index in [4.69, 9.17) is 4.74 Å². The Hall–Kier alpha value is -1.74. The topological polar surface area (TPSA) is 89.5 Å². The molecular weight excluding hydrogens is 446 g/mol. The third-order valence-electron chi connectivity index (χ3n) is 7.42. The van der Waals surface area contributed by atoms with E-state index in [1.54, 1.807) is 19.1 Å². The molecule has 0 atom stereocenters. The lowest BCUT2D eigenvalue weighted by molar-refractivity contribution is 0.0678. The van der Waals surface area contributed by atoms with Gasteiger partial charge < -0.3 is 4.74 Å². The summed E-state index contributed by atoms with van der Waals surface area (Å²) < 4.78 is 61.7. The van der Waals surface area contributed by atoms with E-state index in [2.05, 4.69) is 4.72 Å². The predicted octanol–water partition coefficient (Wildman–Crippen LogP) is 3.71. The van der Waals surface area contributed by atoms with Crippen molar-refractivity contribution in [2.45, 2.75) is 65.6 Å². The zero-order chi connectivity index (χ0) is 22.6. The number of sulfonamides is 1. The Bertz CT molecular complexity index is 1260. The van der Waals surface area contributed by atoms with Gasteiger partial charge >= 0.3 is 0 Å². The van der Waals surface area contributed by atoms with Gasteiger partial charge in [0, 0.05) is 25.2 Å². The lowest BCUT2D eigenvalue weighted by Gasteiger charge is -2.38. The Morgan fingerprint density at radius 2 is 1.72 bits per heavy atom. The number of ether oxygens (including phenoxy) is 1. The number of nitrogens with one attached hydrogen (secondary N) is 1. The molecule has 1 N–H and O–H groups in total. The highest BCUT2D eigenvalue weighted by molar-refractivity contribution is 7.92. The summed E-state index contributed by atoms with van der Waals surface area (Å²) in [4.78, 5) is 0.520. The normalized spacial score (nSPS) is 21.9. The molecule has 8 heteroatoms. The molecule has 0 unspecified atom stereocenters. The fraction of sp³-hybridized carbons (Fsp3) is 0.500. The molecular formula is C24H29NO5S2. The second kappa shape index (κ2) is 7.94. The molecule has 2 aliphatic heterocycles. The zero-order valence-electron chi connectivity index (χ0n) is 18.3. The highest BCUT2D eigenvalue weighted by atomic mass is 32.2. The molecule has 2 heterocycles. The van der Waals surface area contributed by atoms with Crippen molar-refractivity contribution in [2.24, 2.45) is 5.92 Å². The number of hydrogen-bond donors (Lipinski definition) is 1. The van der Waals surface area contributed by atoms with Gasteiger partial charge in [0.1, 0.15) is 0 Å². The van der Waals surface area contributed by atoms with Crippen molar-refractivity contribution in [2.75, 3.05) is 19.8 Å². The average molecular weight is 476 g/mol. The van der Waals surface area contributed by atoms with Crippen LogP contribution in [0.1, 0.15) is 55.2 Å². The molecule has 3 aliphatic rings. The first-order chi connectivity index (χ1) is 15.3. The smallest absolute Gasteiger partial charge is 0.240 e. The maximum absolute atomic E-state index is 13.6. The molecule has 1 aliphatic carbocycles. The van der Waals surface area contributed by atoms with Crippen LogP contribution in [0, 0.1) is 12.8 Å². The highest BCUT2D eigenvalue weighted by Crippen LogP contribution is 2.54. The predicted molar refractivity (Wildman–Crippen MR) is 121 cm³/mol. The average Bonchev–Trinajstić information content (AvgIpc) is 3.28. The molecule has 172 valence electrons. The molecule has 0 amide bonds. The minimum atomic E-state index is -3.84. The van der Waals surface area contributed by atoms with Crippen molar-refractivity contribution in [3.05, 3.63) is 53.1 Å². The van der Waals surface area contributed by atoms with E-state index in [0.717, 1.165) is 49.7 Å². The molecule has 5 rings (SSSR count). The van der Waals surface area contributed by atoms with Gasteiger partial charge in [-0.15, -0.1) is 0 Å². The molecule has 1 spiro atoms. The molecule has 2 fully saturated rings. The van der Waals surface area contributed by atoms with E-state index in [1.807, 2.05) is 18.2 Å². The van der Waals surface area contributed by atoms with E-state index in [9.17, 15) is 16.8 Å². The molecule has 1 saturated carbocycles. The Morgan fingerprint density at radius 1 is 1.03 bits per heavy atom. The van der Waals surface area contributed by atoms with Crippen LogP contribution in [-0.2, 0) is 30.0 Å². The van der Waals surface area contributed by atoms with Gasteiger partial charge in [-0.1, -0.05) is 37.1 Å². The molecule has 6 nitrogen and oxygen atoms in total. The van der Waals surface area contributed by atoms with Gasteiger partial charge in [-0.3, -0.25) is 0 Å². The number of aryl methyl sites for hydroxylation is 1. The Kier molecular flexibility index (Phi) is 5.47. The van der Waals surface area contributed by atoms with E-state index in [0.29, 0.717) is 30.2 Å². The second-order valence-corrected chi connectivity index (χ2v) is 12.9. The van der Waals surface area contributed by atoms with E-state index in [1.165, 1.54) is 6.07 Å². The summed E-state index contributed by atoms with van der Waals surface area (Å²) in [5.74, 6) is 0.230. The Labute approximate surface area is 190 Å². The lowest BCUT2D eigenvalue weighted by Crippen LogP contribution is -2.35. The third-order valence-corrected chi connectivity index (χ3v) is 10.8. The summed E-state index contributed by atoms with van der Waals surface area (Å²) in [6.45, 7) is 3.38. The molecule has 2 aromatic rings. The summed E-state index contributed by atoms with van der Waals surface area (Å²) in [6.07, 6.45) is 5.44. The fourth-order valence-electron chi connectivity index (χ4n) is 5.69. The van der Waals surface area contributed by atoms with Gasteiger partial charge in [-0.25, -0.2) is 21.6 Å². The van der Waals surface area contributed by atoms with Gasteiger partial charge in [0.05, 0.1) is 14.7 Å². The van der Waals surface area contributed by atoms with Crippen LogP contribution in [-0.4, -0.2) is 36.6 Å². The van der Waals surface area contributed by atoms with Crippen LogP contribution in [0.15, 0.2) is 51.1 Å². The fourth-order valence-corrected chi connectivity index (χ4v) is 8.99. The number of fused-ring (bicyclic) bond motifs is 4. The minimum Gasteiger partial charge on any atom is -0.381 e. The summed E-state index contributed by atoms with van der Waals surface area (Å²) >= 11 is 0. The van der Waals surface area contributed by atoms with Gasteiger partial charge in [0.25, 0.3) is 0 Å². The summed E-state index contributed by atoms with van der Waals surface area (Å²) in [7, 11) is -7.65. The number of benzene rings is 2. The van der Waals surface area contributed by atoms with E-state index < -0.39 is 19.9 Å². The van der Waals surface area contributed by atoms with Crippen molar-refractivity contribution < 1.29 is 21.6 Å². The van der Waals surface area contributed by atoms with Crippen LogP contribution in [0.5, 0.6) is 0 Å². The molecule has 0 radical (unpaired) electrons. The highest BCUT2D eigenvalue weighted by Gasteiger charge is 2.48. The largest absolute Gasteiger partial charge is 0.381 e. The van der Waals surface area contributed by atoms with E-state index in [-0.39, 0.29) is 21.1 Å². The van der Waals surface area contributed by atoms with Crippen LogP contribution >= 0.6 is 0 Å². The van der Waals surface area contributed by atoms with E-state index >= 15 is 0 Å². The summed E-state index contributed by atoms with van der Waals surface area (Å²) in [6, 6.07) is 10.4. The number of sulfone groups is 1. The van der Waals surface area contributed by atoms with Gasteiger partial charge in [-0.05, 0) is 67.3 Å². The first-order valence-electron chi connectivity index (χ1n) is 11.3. The van der Waals surface area contributed by atoms with Gasteiger partial charge in [-0.2, -0.15) is 0 Å².